The zero-order chi connectivity index (χ0) is 26.4. The maximum Gasteiger partial charge on any atom is 0.204 e. The Kier molecular flexibility index (Phi) is 9.01. The number of aryl methyl sites for hydroxylation is 1. The fourth-order valence-corrected chi connectivity index (χ4v) is 4.90. The van der Waals surface area contributed by atoms with Crippen LogP contribution >= 0.6 is 11.8 Å². The van der Waals surface area contributed by atoms with Crippen molar-refractivity contribution in [2.75, 3.05) is 70.7 Å². The van der Waals surface area contributed by atoms with Gasteiger partial charge in [-0.3, -0.25) is 14.8 Å². The molecule has 2 N–H and O–H groups in total. The van der Waals surface area contributed by atoms with Crippen molar-refractivity contribution in [3.05, 3.63) is 41.6 Å². The number of piperazine rings is 1. The number of ether oxygens (including phenoxy) is 1. The van der Waals surface area contributed by atoms with Crippen molar-refractivity contribution in [2.24, 2.45) is 0 Å². The fraction of sp³-hybridized carbons (Fsp3) is 0.462. The van der Waals surface area contributed by atoms with Gasteiger partial charge in [-0.2, -0.15) is 5.10 Å². The van der Waals surface area contributed by atoms with Crippen LogP contribution in [0.15, 0.2) is 40.4 Å². The maximum atomic E-state index is 11.5. The molecule has 0 saturated carbocycles. The van der Waals surface area contributed by atoms with E-state index in [0.717, 1.165) is 61.2 Å². The zero-order valence-electron chi connectivity index (χ0n) is 22.2. The Morgan fingerprint density at radius 1 is 1.16 bits per heavy atom. The van der Waals surface area contributed by atoms with E-state index in [2.05, 4.69) is 44.3 Å². The zero-order valence-corrected chi connectivity index (χ0v) is 23.1. The van der Waals surface area contributed by atoms with Gasteiger partial charge >= 0.3 is 0 Å². The summed E-state index contributed by atoms with van der Waals surface area (Å²) in [5.74, 6) is 2.76. The molecule has 1 aliphatic heterocycles. The second kappa shape index (κ2) is 12.4. The predicted octanol–water partition coefficient (Wildman–Crippen LogP) is 3.23. The van der Waals surface area contributed by atoms with Crippen molar-refractivity contribution in [3.63, 3.8) is 0 Å². The lowest BCUT2D eigenvalue weighted by Gasteiger charge is -2.36. The van der Waals surface area contributed by atoms with Gasteiger partial charge in [-0.15, -0.1) is 0 Å². The molecule has 11 heteroatoms. The summed E-state index contributed by atoms with van der Waals surface area (Å²) in [5.41, 5.74) is 1.95. The molecule has 37 heavy (non-hydrogen) atoms. The average molecular weight is 525 g/mol. The van der Waals surface area contributed by atoms with E-state index in [1.165, 1.54) is 11.8 Å². The van der Waals surface area contributed by atoms with E-state index in [0.29, 0.717) is 29.0 Å². The van der Waals surface area contributed by atoms with Crippen molar-refractivity contribution in [1.82, 2.24) is 30.0 Å². The van der Waals surface area contributed by atoms with Gasteiger partial charge in [-0.1, -0.05) is 12.1 Å². The quantitative estimate of drug-likeness (QED) is 0.364. The molecular weight excluding hydrogens is 488 g/mol. The third kappa shape index (κ3) is 7.43. The van der Waals surface area contributed by atoms with Crippen molar-refractivity contribution >= 4 is 35.0 Å². The molecule has 1 fully saturated rings. The molecule has 0 aliphatic carbocycles. The molecule has 1 saturated heterocycles. The number of benzene rings is 1. The number of anilines is 3. The summed E-state index contributed by atoms with van der Waals surface area (Å²) >= 11 is 1.48. The van der Waals surface area contributed by atoms with E-state index in [9.17, 15) is 4.79 Å². The van der Waals surface area contributed by atoms with Crippen LogP contribution in [-0.4, -0.2) is 96.2 Å². The van der Waals surface area contributed by atoms with E-state index < -0.39 is 0 Å². The Morgan fingerprint density at radius 2 is 1.89 bits per heavy atom. The lowest BCUT2D eigenvalue weighted by molar-refractivity contribution is -0.116. The van der Waals surface area contributed by atoms with Crippen molar-refractivity contribution in [3.8, 4) is 5.75 Å². The molecule has 0 spiro atoms. The molecule has 0 amide bonds. The number of likely N-dealkylation sites (N-methyl/N-ethyl adjacent to an activating group) is 1. The number of rotatable bonds is 11. The number of nitrogens with zero attached hydrogens (tertiary/aromatic N) is 6. The van der Waals surface area contributed by atoms with Crippen LogP contribution in [0, 0.1) is 6.92 Å². The number of ketones is 1. The number of H-pyrrole nitrogens is 1. The van der Waals surface area contributed by atoms with Gasteiger partial charge in [-0.05, 0) is 57.4 Å². The molecule has 2 aromatic heterocycles. The summed E-state index contributed by atoms with van der Waals surface area (Å²) in [4.78, 5) is 29.2. The summed E-state index contributed by atoms with van der Waals surface area (Å²) < 4.78 is 5.84. The Morgan fingerprint density at radius 3 is 2.49 bits per heavy atom. The first kappa shape index (κ1) is 26.9. The molecule has 0 radical (unpaired) electrons. The average Bonchev–Trinajstić information content (AvgIpc) is 3.28. The lowest BCUT2D eigenvalue weighted by atomic mass is 10.1. The largest absolute Gasteiger partial charge is 0.490 e. The number of hydrogen-bond acceptors (Lipinski definition) is 10. The molecule has 0 atom stereocenters. The highest BCUT2D eigenvalue weighted by Crippen LogP contribution is 2.38. The topological polar surface area (TPSA) is 103 Å². The van der Waals surface area contributed by atoms with Crippen LogP contribution in [0.25, 0.3) is 0 Å². The molecule has 1 aliphatic rings. The van der Waals surface area contributed by atoms with Crippen molar-refractivity contribution in [2.45, 2.75) is 30.3 Å². The minimum atomic E-state index is 0.148. The van der Waals surface area contributed by atoms with Crippen LogP contribution in [0.2, 0.25) is 0 Å². The number of Topliss-reactive ketones (excluding diaryl/α,β-unsaturated/α-hetero) is 1. The van der Waals surface area contributed by atoms with E-state index in [4.69, 9.17) is 14.7 Å². The number of carbonyl (C=O) groups is 1. The highest BCUT2D eigenvalue weighted by atomic mass is 32.2. The summed E-state index contributed by atoms with van der Waals surface area (Å²) in [6.07, 6.45) is 0.436. The smallest absolute Gasteiger partial charge is 0.204 e. The molecule has 198 valence electrons. The maximum absolute atomic E-state index is 11.5. The van der Waals surface area contributed by atoms with Crippen LogP contribution in [0.5, 0.6) is 5.75 Å². The van der Waals surface area contributed by atoms with Gasteiger partial charge in [0.15, 0.2) is 22.6 Å². The summed E-state index contributed by atoms with van der Waals surface area (Å²) in [6.45, 7) is 9.27. The van der Waals surface area contributed by atoms with Crippen LogP contribution in [0.4, 0.5) is 17.5 Å². The number of carbonyl (C=O) groups excluding carboxylic acids is 1. The van der Waals surface area contributed by atoms with Gasteiger partial charge in [0.1, 0.15) is 5.78 Å². The minimum Gasteiger partial charge on any atom is -0.490 e. The number of aromatic amines is 1. The van der Waals surface area contributed by atoms with E-state index in [-0.39, 0.29) is 5.78 Å². The molecule has 0 unspecified atom stereocenters. The van der Waals surface area contributed by atoms with E-state index >= 15 is 0 Å². The summed E-state index contributed by atoms with van der Waals surface area (Å²) in [7, 11) is 5.86. The third-order valence-electron chi connectivity index (χ3n) is 6.10. The Hall–Kier alpha value is -3.15. The number of hydrogen-bond donors (Lipinski definition) is 2. The monoisotopic (exact) mass is 524 g/mol. The highest BCUT2D eigenvalue weighted by Gasteiger charge is 2.25. The van der Waals surface area contributed by atoms with Gasteiger partial charge in [0, 0.05) is 62.3 Å². The van der Waals surface area contributed by atoms with Gasteiger partial charge in [0.2, 0.25) is 5.75 Å². The van der Waals surface area contributed by atoms with Gasteiger partial charge in [-0.25, -0.2) is 9.97 Å². The Bertz CT molecular complexity index is 1190. The molecule has 4 rings (SSSR count). The van der Waals surface area contributed by atoms with Gasteiger partial charge in [0.05, 0.1) is 7.11 Å². The molecule has 3 heterocycles. The fourth-order valence-electron chi connectivity index (χ4n) is 4.15. The first-order valence-electron chi connectivity index (χ1n) is 12.4. The Labute approximate surface area is 222 Å². The first-order valence-corrected chi connectivity index (χ1v) is 13.3. The SMILES string of the molecule is COc1c(Nc2cc(C)[nH]n2)nc(Sc2ccc(CC(C)=O)cc2)nc1N1CCN(CCN(C)C)CC1. The molecular formula is C26H36N8O2S. The van der Waals surface area contributed by atoms with Crippen molar-refractivity contribution in [1.29, 1.82) is 0 Å². The van der Waals surface area contributed by atoms with Crippen molar-refractivity contribution < 1.29 is 9.53 Å². The third-order valence-corrected chi connectivity index (χ3v) is 6.98. The van der Waals surface area contributed by atoms with Crippen LogP contribution in [0.3, 0.4) is 0 Å². The second-order valence-corrected chi connectivity index (χ2v) is 10.6. The van der Waals surface area contributed by atoms with Crippen LogP contribution in [0.1, 0.15) is 18.2 Å². The first-order chi connectivity index (χ1) is 17.8. The lowest BCUT2D eigenvalue weighted by Crippen LogP contribution is -2.48. The van der Waals surface area contributed by atoms with E-state index in [1.54, 1.807) is 14.0 Å². The number of methoxy groups -OCH3 is 1. The molecule has 10 nitrogen and oxygen atoms in total. The summed E-state index contributed by atoms with van der Waals surface area (Å²) in [5, 5.41) is 11.2. The number of nitrogens with one attached hydrogen (secondary N) is 2. The van der Waals surface area contributed by atoms with Gasteiger partial charge < -0.3 is 19.9 Å². The molecule has 0 bridgehead atoms. The standard InChI is InChI=1S/C26H36N8O2S/c1-18-16-22(31-30-18)27-24-23(36-5)25(34-14-12-33(13-15-34)11-10-32(3)4)29-26(28-24)37-21-8-6-20(7-9-21)17-19(2)35/h6-9,16H,10-15,17H2,1-5H3,(H2,27,28,29,30,31). The van der Waals surface area contributed by atoms with Gasteiger partial charge in [0.25, 0.3) is 0 Å². The normalized spacial score (nSPS) is 14.3. The summed E-state index contributed by atoms with van der Waals surface area (Å²) in [6, 6.07) is 9.89. The Balaban J connectivity index is 1.60. The van der Waals surface area contributed by atoms with Crippen LogP contribution in [-0.2, 0) is 11.2 Å². The molecule has 1 aromatic carbocycles. The van der Waals surface area contributed by atoms with E-state index in [1.807, 2.05) is 37.3 Å². The second-order valence-electron chi connectivity index (χ2n) is 9.53. The minimum absolute atomic E-state index is 0.148. The van der Waals surface area contributed by atoms with Crippen LogP contribution < -0.4 is 15.0 Å². The highest BCUT2D eigenvalue weighted by molar-refractivity contribution is 7.99. The number of aromatic nitrogens is 4. The molecule has 3 aromatic rings. The predicted molar refractivity (Wildman–Crippen MR) is 147 cm³/mol.